The van der Waals surface area contributed by atoms with Crippen LogP contribution in [0.5, 0.6) is 11.5 Å². The lowest BCUT2D eigenvalue weighted by molar-refractivity contribution is 0.0523. The van der Waals surface area contributed by atoms with Crippen molar-refractivity contribution in [2.45, 2.75) is 20.8 Å². The van der Waals surface area contributed by atoms with Crippen molar-refractivity contribution >= 4 is 17.8 Å². The Morgan fingerprint density at radius 2 is 1.93 bits per heavy atom. The van der Waals surface area contributed by atoms with Crippen LogP contribution in [0.25, 0.3) is 6.08 Å². The molecule has 140 valence electrons. The van der Waals surface area contributed by atoms with Crippen molar-refractivity contribution in [3.63, 3.8) is 0 Å². The molecule has 0 saturated heterocycles. The van der Waals surface area contributed by atoms with Gasteiger partial charge in [-0.15, -0.1) is 0 Å². The van der Waals surface area contributed by atoms with Crippen molar-refractivity contribution in [3.8, 4) is 17.6 Å². The molecule has 1 aromatic heterocycles. The standard InChI is InChI=1S/C20H20N2O5/c1-5-27-20(25)18-12(3)22-11(2)17(18)19(24)14(10-21)8-13-6-7-16(26-4)15(23)9-13/h6-9,22-23H,5H2,1-4H3/b14-8+. The molecule has 0 spiro atoms. The van der Waals surface area contributed by atoms with Gasteiger partial charge in [0.2, 0.25) is 5.78 Å². The maximum Gasteiger partial charge on any atom is 0.340 e. The number of hydrogen-bond donors (Lipinski definition) is 2. The Labute approximate surface area is 156 Å². The molecule has 2 aromatic rings. The number of rotatable bonds is 6. The van der Waals surface area contributed by atoms with Gasteiger partial charge in [-0.2, -0.15) is 5.26 Å². The van der Waals surface area contributed by atoms with Crippen molar-refractivity contribution < 1.29 is 24.2 Å². The number of aromatic nitrogens is 1. The van der Waals surface area contributed by atoms with Gasteiger partial charge >= 0.3 is 5.97 Å². The summed E-state index contributed by atoms with van der Waals surface area (Å²) >= 11 is 0. The fraction of sp³-hybridized carbons (Fsp3) is 0.250. The van der Waals surface area contributed by atoms with E-state index in [2.05, 4.69) is 4.98 Å². The number of Topliss-reactive ketones (excluding diaryl/α,β-unsaturated/α-hetero) is 1. The molecule has 1 aromatic carbocycles. The Bertz CT molecular complexity index is 963. The monoisotopic (exact) mass is 368 g/mol. The van der Waals surface area contributed by atoms with Gasteiger partial charge in [0.1, 0.15) is 11.6 Å². The lowest BCUT2D eigenvalue weighted by atomic mass is 9.98. The number of nitriles is 1. The largest absolute Gasteiger partial charge is 0.504 e. The lowest BCUT2D eigenvalue weighted by Crippen LogP contribution is -2.13. The van der Waals surface area contributed by atoms with Gasteiger partial charge in [0, 0.05) is 11.4 Å². The van der Waals surface area contributed by atoms with Crippen LogP contribution in [0.15, 0.2) is 23.8 Å². The first-order valence-electron chi connectivity index (χ1n) is 8.23. The first-order valence-corrected chi connectivity index (χ1v) is 8.23. The Hall–Kier alpha value is -3.53. The van der Waals surface area contributed by atoms with Crippen LogP contribution in [0.1, 0.15) is 44.6 Å². The molecule has 0 amide bonds. The Morgan fingerprint density at radius 1 is 1.26 bits per heavy atom. The zero-order chi connectivity index (χ0) is 20.1. The number of ether oxygens (including phenoxy) is 2. The SMILES string of the molecule is CCOC(=O)c1c(C)[nH]c(C)c1C(=O)/C(C#N)=C/c1ccc(OC)c(O)c1. The van der Waals surface area contributed by atoms with Gasteiger partial charge in [-0.1, -0.05) is 6.07 Å². The van der Waals surface area contributed by atoms with E-state index in [1.165, 1.54) is 25.3 Å². The molecule has 0 bridgehead atoms. The van der Waals surface area contributed by atoms with Gasteiger partial charge in [0.25, 0.3) is 0 Å². The molecular formula is C20H20N2O5. The zero-order valence-corrected chi connectivity index (χ0v) is 15.5. The van der Waals surface area contributed by atoms with Crippen molar-refractivity contribution in [2.24, 2.45) is 0 Å². The smallest absolute Gasteiger partial charge is 0.340 e. The fourth-order valence-corrected chi connectivity index (χ4v) is 2.77. The van der Waals surface area contributed by atoms with E-state index in [4.69, 9.17) is 9.47 Å². The third-order valence-electron chi connectivity index (χ3n) is 3.96. The number of carbonyl (C=O) groups is 2. The van der Waals surface area contributed by atoms with Gasteiger partial charge in [-0.25, -0.2) is 4.79 Å². The summed E-state index contributed by atoms with van der Waals surface area (Å²) in [6.07, 6.45) is 1.35. The molecule has 0 unspecified atom stereocenters. The topological polar surface area (TPSA) is 112 Å². The van der Waals surface area contributed by atoms with Crippen molar-refractivity contribution in [1.29, 1.82) is 5.26 Å². The normalized spacial score (nSPS) is 11.0. The summed E-state index contributed by atoms with van der Waals surface area (Å²) in [5.41, 5.74) is 1.47. The molecule has 27 heavy (non-hydrogen) atoms. The van der Waals surface area contributed by atoms with E-state index in [-0.39, 0.29) is 34.8 Å². The van der Waals surface area contributed by atoms with Crippen LogP contribution < -0.4 is 4.74 Å². The number of ketones is 1. The van der Waals surface area contributed by atoms with Crippen LogP contribution in [0.4, 0.5) is 0 Å². The number of hydrogen-bond acceptors (Lipinski definition) is 6. The van der Waals surface area contributed by atoms with E-state index < -0.39 is 11.8 Å². The van der Waals surface area contributed by atoms with Crippen LogP contribution in [0, 0.1) is 25.2 Å². The van der Waals surface area contributed by atoms with Crippen molar-refractivity contribution in [2.75, 3.05) is 13.7 Å². The average Bonchev–Trinajstić information content (AvgIpc) is 2.93. The number of aromatic amines is 1. The molecule has 0 aliphatic rings. The molecule has 0 saturated carbocycles. The molecular weight excluding hydrogens is 348 g/mol. The zero-order valence-electron chi connectivity index (χ0n) is 15.5. The number of nitrogens with zero attached hydrogens (tertiary/aromatic N) is 1. The lowest BCUT2D eigenvalue weighted by Gasteiger charge is -2.06. The number of aryl methyl sites for hydroxylation is 2. The van der Waals surface area contributed by atoms with E-state index in [1.54, 1.807) is 26.8 Å². The van der Waals surface area contributed by atoms with E-state index in [1.807, 2.05) is 6.07 Å². The molecule has 0 aliphatic heterocycles. The summed E-state index contributed by atoms with van der Waals surface area (Å²) in [4.78, 5) is 28.1. The molecule has 1 heterocycles. The average molecular weight is 368 g/mol. The number of H-pyrrole nitrogens is 1. The number of carbonyl (C=O) groups excluding carboxylic acids is 2. The van der Waals surface area contributed by atoms with E-state index in [0.717, 1.165) is 0 Å². The minimum Gasteiger partial charge on any atom is -0.504 e. The summed E-state index contributed by atoms with van der Waals surface area (Å²) in [7, 11) is 1.42. The first kappa shape index (κ1) is 19.8. The maximum atomic E-state index is 12.9. The van der Waals surface area contributed by atoms with Gasteiger partial charge in [-0.3, -0.25) is 4.79 Å². The predicted octanol–water partition coefficient (Wildman–Crippen LogP) is 3.31. The van der Waals surface area contributed by atoms with E-state index in [0.29, 0.717) is 17.0 Å². The fourth-order valence-electron chi connectivity index (χ4n) is 2.77. The second kappa shape index (κ2) is 8.23. The number of aromatic hydroxyl groups is 1. The summed E-state index contributed by atoms with van der Waals surface area (Å²) in [6, 6.07) is 6.37. The third kappa shape index (κ3) is 4.01. The highest BCUT2D eigenvalue weighted by molar-refractivity contribution is 6.19. The minimum atomic E-state index is -0.623. The molecule has 0 radical (unpaired) electrons. The van der Waals surface area contributed by atoms with Gasteiger partial charge in [0.15, 0.2) is 11.5 Å². The Balaban J connectivity index is 2.51. The van der Waals surface area contributed by atoms with Crippen LogP contribution in [-0.2, 0) is 4.74 Å². The van der Waals surface area contributed by atoms with E-state index in [9.17, 15) is 20.0 Å². The van der Waals surface area contributed by atoms with Crippen LogP contribution in [0.2, 0.25) is 0 Å². The molecule has 2 rings (SSSR count). The van der Waals surface area contributed by atoms with Gasteiger partial charge in [-0.05, 0) is 44.5 Å². The predicted molar refractivity (Wildman–Crippen MR) is 98.8 cm³/mol. The molecule has 7 nitrogen and oxygen atoms in total. The van der Waals surface area contributed by atoms with Crippen LogP contribution in [-0.4, -0.2) is 35.6 Å². The molecule has 0 atom stereocenters. The Morgan fingerprint density at radius 3 is 2.48 bits per heavy atom. The third-order valence-corrected chi connectivity index (χ3v) is 3.96. The van der Waals surface area contributed by atoms with E-state index >= 15 is 0 Å². The van der Waals surface area contributed by atoms with Gasteiger partial charge < -0.3 is 19.6 Å². The number of methoxy groups -OCH3 is 1. The molecule has 7 heteroatoms. The summed E-state index contributed by atoms with van der Waals surface area (Å²) in [5.74, 6) is -1.06. The van der Waals surface area contributed by atoms with Crippen LogP contribution >= 0.6 is 0 Å². The molecule has 0 aliphatic carbocycles. The van der Waals surface area contributed by atoms with Gasteiger partial charge in [0.05, 0.1) is 24.8 Å². The minimum absolute atomic E-state index is 0.108. The highest BCUT2D eigenvalue weighted by atomic mass is 16.5. The number of allylic oxidation sites excluding steroid dienone is 1. The quantitative estimate of drug-likeness (QED) is 0.350. The van der Waals surface area contributed by atoms with Crippen LogP contribution in [0.3, 0.4) is 0 Å². The summed E-state index contributed by atoms with van der Waals surface area (Å²) in [5, 5.41) is 19.3. The number of phenols is 1. The summed E-state index contributed by atoms with van der Waals surface area (Å²) in [6.45, 7) is 5.15. The second-order valence-corrected chi connectivity index (χ2v) is 5.78. The Kier molecular flexibility index (Phi) is 6.03. The maximum absolute atomic E-state index is 12.9. The summed E-state index contributed by atoms with van der Waals surface area (Å²) < 4.78 is 10.00. The number of phenolic OH excluding ortho intramolecular Hbond substituents is 1. The number of nitrogens with one attached hydrogen (secondary N) is 1. The highest BCUT2D eigenvalue weighted by Gasteiger charge is 2.27. The molecule has 2 N–H and O–H groups in total. The van der Waals surface area contributed by atoms with Crippen molar-refractivity contribution in [1.82, 2.24) is 4.98 Å². The van der Waals surface area contributed by atoms with Crippen molar-refractivity contribution in [3.05, 3.63) is 51.9 Å². The second-order valence-electron chi connectivity index (χ2n) is 5.78. The number of esters is 1. The number of benzene rings is 1. The molecule has 0 fully saturated rings. The highest BCUT2D eigenvalue weighted by Crippen LogP contribution is 2.28. The first-order chi connectivity index (χ1) is 12.8.